The Kier molecular flexibility index (Phi) is 6.16. The number of carbonyl (C=O) groups excluding carboxylic acids is 2. The van der Waals surface area contributed by atoms with E-state index in [1.165, 1.54) is 0 Å². The van der Waals surface area contributed by atoms with Crippen LogP contribution >= 0.6 is 0 Å². The molecular weight excluding hydrogens is 290 g/mol. The Labute approximate surface area is 138 Å². The van der Waals surface area contributed by atoms with Gasteiger partial charge in [-0.15, -0.1) is 0 Å². The summed E-state index contributed by atoms with van der Waals surface area (Å²) in [6.45, 7) is 6.22. The molecule has 23 heavy (non-hydrogen) atoms. The fraction of sp³-hybridized carbons (Fsp3) is 0.556. The lowest BCUT2D eigenvalue weighted by Crippen LogP contribution is -2.45. The summed E-state index contributed by atoms with van der Waals surface area (Å²) in [5, 5.41) is 6.35. The van der Waals surface area contributed by atoms with E-state index in [0.29, 0.717) is 12.1 Å². The predicted octanol–water partition coefficient (Wildman–Crippen LogP) is 1.78. The largest absolute Gasteiger partial charge is 0.348 e. The van der Waals surface area contributed by atoms with E-state index in [2.05, 4.69) is 10.6 Å². The molecule has 1 fully saturated rings. The highest BCUT2D eigenvalue weighted by Gasteiger charge is 2.17. The van der Waals surface area contributed by atoms with Gasteiger partial charge in [-0.2, -0.15) is 0 Å². The van der Waals surface area contributed by atoms with Crippen LogP contribution in [-0.4, -0.2) is 42.9 Å². The summed E-state index contributed by atoms with van der Waals surface area (Å²) >= 11 is 0. The minimum Gasteiger partial charge on any atom is -0.348 e. The van der Waals surface area contributed by atoms with Crippen LogP contribution in [0.3, 0.4) is 0 Å². The number of piperidine rings is 1. The molecule has 0 saturated carbocycles. The number of rotatable bonds is 5. The Hall–Kier alpha value is -1.88. The van der Waals surface area contributed by atoms with Gasteiger partial charge >= 0.3 is 0 Å². The molecule has 2 amide bonds. The third-order valence-corrected chi connectivity index (χ3v) is 4.14. The maximum atomic E-state index is 12.2. The molecule has 0 spiro atoms. The summed E-state index contributed by atoms with van der Waals surface area (Å²) in [4.78, 5) is 25.9. The van der Waals surface area contributed by atoms with Crippen LogP contribution in [-0.2, 0) is 11.3 Å². The zero-order valence-electron chi connectivity index (χ0n) is 14.3. The molecule has 1 heterocycles. The van der Waals surface area contributed by atoms with E-state index in [0.717, 1.165) is 31.5 Å². The lowest BCUT2D eigenvalue weighted by atomic mass is 10.1. The van der Waals surface area contributed by atoms with Crippen LogP contribution in [0.4, 0.5) is 0 Å². The molecule has 0 aromatic heterocycles. The number of nitrogens with zero attached hydrogens (tertiary/aromatic N) is 1. The molecule has 2 rings (SSSR count). The van der Waals surface area contributed by atoms with Gasteiger partial charge in [-0.25, -0.2) is 0 Å². The number of nitrogens with one attached hydrogen (secondary N) is 2. The Morgan fingerprint density at radius 3 is 2.57 bits per heavy atom. The van der Waals surface area contributed by atoms with E-state index >= 15 is 0 Å². The second-order valence-electron chi connectivity index (χ2n) is 6.56. The molecule has 0 aliphatic carbocycles. The fourth-order valence-corrected chi connectivity index (χ4v) is 2.80. The Balaban J connectivity index is 1.90. The van der Waals surface area contributed by atoms with Crippen molar-refractivity contribution in [2.24, 2.45) is 5.92 Å². The van der Waals surface area contributed by atoms with Crippen LogP contribution in [0.1, 0.15) is 42.6 Å². The van der Waals surface area contributed by atoms with Crippen molar-refractivity contribution < 1.29 is 9.59 Å². The molecule has 1 aliphatic rings. The Morgan fingerprint density at radius 1 is 1.30 bits per heavy atom. The van der Waals surface area contributed by atoms with Gasteiger partial charge in [-0.1, -0.05) is 26.0 Å². The smallest absolute Gasteiger partial charge is 0.251 e. The lowest BCUT2D eigenvalue weighted by molar-refractivity contribution is -0.133. The predicted molar refractivity (Wildman–Crippen MR) is 91.1 cm³/mol. The van der Waals surface area contributed by atoms with Crippen LogP contribution in [0.25, 0.3) is 0 Å². The van der Waals surface area contributed by atoms with Gasteiger partial charge in [0.25, 0.3) is 5.91 Å². The maximum absolute atomic E-state index is 12.2. The Morgan fingerprint density at radius 2 is 2.00 bits per heavy atom. The third kappa shape index (κ3) is 5.06. The molecule has 0 radical (unpaired) electrons. The molecule has 2 N–H and O–H groups in total. The van der Waals surface area contributed by atoms with Crippen molar-refractivity contribution in [2.75, 3.05) is 20.1 Å². The van der Waals surface area contributed by atoms with E-state index < -0.39 is 0 Å². The fourth-order valence-electron chi connectivity index (χ4n) is 2.80. The number of hydrogen-bond donors (Lipinski definition) is 2. The molecule has 126 valence electrons. The molecule has 5 heteroatoms. The first kappa shape index (κ1) is 17.5. The van der Waals surface area contributed by atoms with Gasteiger partial charge in [0.15, 0.2) is 0 Å². The normalized spacial score (nSPS) is 17.8. The summed E-state index contributed by atoms with van der Waals surface area (Å²) in [6.07, 6.45) is 2.12. The highest BCUT2D eigenvalue weighted by molar-refractivity contribution is 5.94. The van der Waals surface area contributed by atoms with Gasteiger partial charge in [0.1, 0.15) is 0 Å². The van der Waals surface area contributed by atoms with Gasteiger partial charge in [-0.3, -0.25) is 9.59 Å². The number of benzene rings is 1. The van der Waals surface area contributed by atoms with Crippen LogP contribution in [0, 0.1) is 5.92 Å². The Bertz CT molecular complexity index is 534. The first-order chi connectivity index (χ1) is 11.0. The van der Waals surface area contributed by atoms with E-state index in [-0.39, 0.29) is 23.8 Å². The average molecular weight is 317 g/mol. The van der Waals surface area contributed by atoms with Gasteiger partial charge in [0.2, 0.25) is 5.91 Å². The summed E-state index contributed by atoms with van der Waals surface area (Å²) in [6, 6.07) is 7.70. The monoisotopic (exact) mass is 317 g/mol. The van der Waals surface area contributed by atoms with Crippen LogP contribution in [0.5, 0.6) is 0 Å². The highest BCUT2D eigenvalue weighted by Crippen LogP contribution is 2.10. The highest BCUT2D eigenvalue weighted by atomic mass is 16.2. The first-order valence-corrected chi connectivity index (χ1v) is 8.33. The first-order valence-electron chi connectivity index (χ1n) is 8.33. The summed E-state index contributed by atoms with van der Waals surface area (Å²) in [5.74, 6) is 0.0858. The summed E-state index contributed by atoms with van der Waals surface area (Å²) < 4.78 is 0. The van der Waals surface area contributed by atoms with E-state index in [1.807, 2.05) is 38.1 Å². The summed E-state index contributed by atoms with van der Waals surface area (Å²) in [7, 11) is 1.80. The SMILES string of the molecule is CC(C)C(=O)N(C)Cc1ccc(C(=O)N[C@H]2CCCNC2)cc1. The minimum absolute atomic E-state index is 0.00541. The maximum Gasteiger partial charge on any atom is 0.251 e. The number of hydrogen-bond acceptors (Lipinski definition) is 3. The van der Waals surface area contributed by atoms with E-state index in [9.17, 15) is 9.59 Å². The molecule has 1 saturated heterocycles. The van der Waals surface area contributed by atoms with Gasteiger partial charge in [0.05, 0.1) is 0 Å². The molecule has 1 atom stereocenters. The van der Waals surface area contributed by atoms with Crippen molar-refractivity contribution >= 4 is 11.8 Å². The number of carbonyl (C=O) groups is 2. The zero-order valence-corrected chi connectivity index (χ0v) is 14.3. The molecule has 1 aliphatic heterocycles. The van der Waals surface area contributed by atoms with Crippen molar-refractivity contribution in [3.8, 4) is 0 Å². The second kappa shape index (κ2) is 8.11. The van der Waals surface area contributed by atoms with Crippen molar-refractivity contribution in [2.45, 2.75) is 39.3 Å². The molecular formula is C18H27N3O2. The summed E-state index contributed by atoms with van der Waals surface area (Å²) in [5.41, 5.74) is 1.69. The van der Waals surface area contributed by atoms with Gasteiger partial charge < -0.3 is 15.5 Å². The topological polar surface area (TPSA) is 61.4 Å². The minimum atomic E-state index is -0.0307. The quantitative estimate of drug-likeness (QED) is 0.870. The van der Waals surface area contributed by atoms with E-state index in [1.54, 1.807) is 11.9 Å². The lowest BCUT2D eigenvalue weighted by Gasteiger charge is -2.24. The zero-order chi connectivity index (χ0) is 16.8. The van der Waals surface area contributed by atoms with Crippen molar-refractivity contribution in [3.63, 3.8) is 0 Å². The molecule has 1 aromatic carbocycles. The van der Waals surface area contributed by atoms with E-state index in [4.69, 9.17) is 0 Å². The number of amides is 2. The van der Waals surface area contributed by atoms with Crippen molar-refractivity contribution in [1.29, 1.82) is 0 Å². The standard InChI is InChI=1S/C18H27N3O2/c1-13(2)18(23)21(3)12-14-6-8-15(9-7-14)17(22)20-16-5-4-10-19-11-16/h6-9,13,16,19H,4-5,10-12H2,1-3H3,(H,20,22)/t16-/m0/s1. The van der Waals surface area contributed by atoms with Crippen molar-refractivity contribution in [3.05, 3.63) is 35.4 Å². The van der Waals surface area contributed by atoms with Crippen molar-refractivity contribution in [1.82, 2.24) is 15.5 Å². The average Bonchev–Trinajstić information content (AvgIpc) is 2.55. The van der Waals surface area contributed by atoms with Crippen LogP contribution < -0.4 is 10.6 Å². The third-order valence-electron chi connectivity index (χ3n) is 4.14. The molecule has 0 unspecified atom stereocenters. The second-order valence-corrected chi connectivity index (χ2v) is 6.56. The van der Waals surface area contributed by atoms with Gasteiger partial charge in [0, 0.05) is 37.7 Å². The van der Waals surface area contributed by atoms with Crippen LogP contribution in [0.2, 0.25) is 0 Å². The molecule has 5 nitrogen and oxygen atoms in total. The van der Waals surface area contributed by atoms with Gasteiger partial charge in [-0.05, 0) is 37.1 Å². The van der Waals surface area contributed by atoms with Crippen LogP contribution in [0.15, 0.2) is 24.3 Å². The molecule has 0 bridgehead atoms. The molecule has 1 aromatic rings.